The van der Waals surface area contributed by atoms with Gasteiger partial charge in [0.25, 0.3) is 0 Å². The first kappa shape index (κ1) is 14.8. The molecule has 1 aromatic carbocycles. The lowest BCUT2D eigenvalue weighted by molar-refractivity contribution is -0.127. The average Bonchev–Trinajstić information content (AvgIpc) is 2.87. The van der Waals surface area contributed by atoms with E-state index in [1.807, 2.05) is 0 Å². The summed E-state index contributed by atoms with van der Waals surface area (Å²) in [6.07, 6.45) is 0.634. The summed E-state index contributed by atoms with van der Waals surface area (Å²) < 4.78 is 32.0. The van der Waals surface area contributed by atoms with Gasteiger partial charge in [0.2, 0.25) is 15.9 Å². The maximum Gasteiger partial charge on any atom is 0.240 e. The van der Waals surface area contributed by atoms with Crippen LogP contribution in [0.1, 0.15) is 13.3 Å². The molecule has 0 bridgehead atoms. The molecule has 7 heteroatoms. The van der Waals surface area contributed by atoms with E-state index < -0.39 is 10.0 Å². The molecule has 1 amide bonds. The van der Waals surface area contributed by atoms with Crippen LogP contribution in [-0.2, 0) is 14.8 Å². The van der Waals surface area contributed by atoms with E-state index in [4.69, 9.17) is 4.74 Å². The molecule has 1 atom stereocenters. The van der Waals surface area contributed by atoms with Crippen LogP contribution >= 0.6 is 0 Å². The first-order valence-electron chi connectivity index (χ1n) is 6.34. The Hall–Kier alpha value is -1.60. The number of rotatable bonds is 4. The van der Waals surface area contributed by atoms with Crippen LogP contribution in [0.3, 0.4) is 0 Å². The van der Waals surface area contributed by atoms with Crippen LogP contribution in [0.25, 0.3) is 0 Å². The Balaban J connectivity index is 2.06. The molecule has 0 spiro atoms. The van der Waals surface area contributed by atoms with Crippen LogP contribution in [0, 0.1) is 0 Å². The standard InChI is InChI=1S/C13H18N2O4S/c1-10(16)15-8-7-11(9-15)14-20(17,18)13-5-3-12(19-2)4-6-13/h3-6,11,14H,7-9H2,1-2H3. The maximum atomic E-state index is 12.2. The van der Waals surface area contributed by atoms with Crippen LogP contribution in [0.15, 0.2) is 29.2 Å². The van der Waals surface area contributed by atoms with Crippen molar-refractivity contribution in [3.8, 4) is 5.75 Å². The van der Waals surface area contributed by atoms with Crippen LogP contribution in [-0.4, -0.2) is 45.5 Å². The quantitative estimate of drug-likeness (QED) is 0.883. The molecule has 1 unspecified atom stereocenters. The molecule has 1 aliphatic heterocycles. The Morgan fingerprint density at radius 2 is 2.00 bits per heavy atom. The zero-order chi connectivity index (χ0) is 14.8. The SMILES string of the molecule is COc1ccc(S(=O)(=O)NC2CCN(C(C)=O)C2)cc1. The van der Waals surface area contributed by atoms with Gasteiger partial charge in [-0.2, -0.15) is 0 Å². The number of likely N-dealkylation sites (tertiary alicyclic amines) is 1. The highest BCUT2D eigenvalue weighted by atomic mass is 32.2. The molecular formula is C13H18N2O4S. The molecule has 0 aromatic heterocycles. The van der Waals surface area contributed by atoms with Gasteiger partial charge in [0, 0.05) is 26.1 Å². The highest BCUT2D eigenvalue weighted by Gasteiger charge is 2.28. The molecule has 1 aromatic rings. The van der Waals surface area contributed by atoms with Crippen LogP contribution in [0.5, 0.6) is 5.75 Å². The Morgan fingerprint density at radius 3 is 2.50 bits per heavy atom. The van der Waals surface area contributed by atoms with Crippen molar-refractivity contribution < 1.29 is 17.9 Å². The average molecular weight is 298 g/mol. The third-order valence-electron chi connectivity index (χ3n) is 3.33. The van der Waals surface area contributed by atoms with Gasteiger partial charge in [0.1, 0.15) is 5.75 Å². The summed E-state index contributed by atoms with van der Waals surface area (Å²) in [7, 11) is -2.04. The summed E-state index contributed by atoms with van der Waals surface area (Å²) in [6.45, 7) is 2.50. The largest absolute Gasteiger partial charge is 0.497 e. The fourth-order valence-electron chi connectivity index (χ4n) is 2.18. The van der Waals surface area contributed by atoms with E-state index in [1.165, 1.54) is 26.2 Å². The van der Waals surface area contributed by atoms with Gasteiger partial charge < -0.3 is 9.64 Å². The highest BCUT2D eigenvalue weighted by molar-refractivity contribution is 7.89. The summed E-state index contributed by atoms with van der Waals surface area (Å²) >= 11 is 0. The summed E-state index contributed by atoms with van der Waals surface area (Å²) in [6, 6.07) is 5.97. The topological polar surface area (TPSA) is 75.7 Å². The molecule has 2 rings (SSSR count). The van der Waals surface area contributed by atoms with E-state index in [0.717, 1.165) is 0 Å². The molecule has 110 valence electrons. The molecule has 1 saturated heterocycles. The number of nitrogens with one attached hydrogen (secondary N) is 1. The van der Waals surface area contributed by atoms with E-state index in [-0.39, 0.29) is 16.8 Å². The lowest BCUT2D eigenvalue weighted by Gasteiger charge is -2.15. The number of sulfonamides is 1. The van der Waals surface area contributed by atoms with Gasteiger partial charge in [-0.3, -0.25) is 4.79 Å². The zero-order valence-electron chi connectivity index (χ0n) is 11.5. The fourth-order valence-corrected chi connectivity index (χ4v) is 3.45. The van der Waals surface area contributed by atoms with Gasteiger partial charge in [-0.25, -0.2) is 13.1 Å². The number of benzene rings is 1. The molecule has 1 aliphatic rings. The molecule has 1 fully saturated rings. The van der Waals surface area contributed by atoms with Gasteiger partial charge in [-0.15, -0.1) is 0 Å². The normalized spacial score (nSPS) is 19.1. The molecule has 0 saturated carbocycles. The highest BCUT2D eigenvalue weighted by Crippen LogP contribution is 2.17. The predicted molar refractivity (Wildman–Crippen MR) is 74.0 cm³/mol. The van der Waals surface area contributed by atoms with E-state index in [1.54, 1.807) is 17.0 Å². The Kier molecular flexibility index (Phi) is 4.29. The van der Waals surface area contributed by atoms with Gasteiger partial charge in [0.05, 0.1) is 12.0 Å². The van der Waals surface area contributed by atoms with E-state index in [0.29, 0.717) is 25.3 Å². The van der Waals surface area contributed by atoms with Crippen LogP contribution < -0.4 is 9.46 Å². The number of carbonyl (C=O) groups is 1. The molecular weight excluding hydrogens is 280 g/mol. The van der Waals surface area contributed by atoms with E-state index in [2.05, 4.69) is 4.72 Å². The minimum Gasteiger partial charge on any atom is -0.497 e. The zero-order valence-corrected chi connectivity index (χ0v) is 12.3. The second-order valence-corrected chi connectivity index (χ2v) is 6.46. The molecule has 20 heavy (non-hydrogen) atoms. The minimum atomic E-state index is -3.56. The number of hydrogen-bond acceptors (Lipinski definition) is 4. The molecule has 6 nitrogen and oxygen atoms in total. The Labute approximate surface area is 118 Å². The lowest BCUT2D eigenvalue weighted by Crippen LogP contribution is -2.37. The fraction of sp³-hybridized carbons (Fsp3) is 0.462. The van der Waals surface area contributed by atoms with Crippen molar-refractivity contribution in [2.24, 2.45) is 0 Å². The maximum absolute atomic E-state index is 12.2. The van der Waals surface area contributed by atoms with Gasteiger partial charge in [-0.05, 0) is 30.7 Å². The minimum absolute atomic E-state index is 0.0313. The second kappa shape index (κ2) is 5.80. The first-order chi connectivity index (χ1) is 9.42. The van der Waals surface area contributed by atoms with Gasteiger partial charge >= 0.3 is 0 Å². The lowest BCUT2D eigenvalue weighted by atomic mass is 10.3. The van der Waals surface area contributed by atoms with E-state index >= 15 is 0 Å². The summed E-state index contributed by atoms with van der Waals surface area (Å²) in [4.78, 5) is 13.1. The molecule has 0 aliphatic carbocycles. The Morgan fingerprint density at radius 1 is 1.35 bits per heavy atom. The monoisotopic (exact) mass is 298 g/mol. The van der Waals surface area contributed by atoms with E-state index in [9.17, 15) is 13.2 Å². The van der Waals surface area contributed by atoms with Crippen LogP contribution in [0.4, 0.5) is 0 Å². The van der Waals surface area contributed by atoms with Crippen molar-refractivity contribution in [3.63, 3.8) is 0 Å². The number of carbonyl (C=O) groups excluding carboxylic acids is 1. The number of ether oxygens (including phenoxy) is 1. The third kappa shape index (κ3) is 3.29. The summed E-state index contributed by atoms with van der Waals surface area (Å²) in [5, 5.41) is 0. The van der Waals surface area contributed by atoms with Crippen molar-refractivity contribution in [1.82, 2.24) is 9.62 Å². The number of hydrogen-bond donors (Lipinski definition) is 1. The predicted octanol–water partition coefficient (Wildman–Crippen LogP) is 0.594. The molecule has 0 radical (unpaired) electrons. The first-order valence-corrected chi connectivity index (χ1v) is 7.82. The Bertz CT molecular complexity index is 583. The second-order valence-electron chi connectivity index (χ2n) is 4.75. The molecule has 1 heterocycles. The van der Waals surface area contributed by atoms with Crippen LogP contribution in [0.2, 0.25) is 0 Å². The van der Waals surface area contributed by atoms with Crippen molar-refractivity contribution in [1.29, 1.82) is 0 Å². The number of amides is 1. The van der Waals surface area contributed by atoms with Crippen molar-refractivity contribution in [2.45, 2.75) is 24.3 Å². The van der Waals surface area contributed by atoms with Crippen molar-refractivity contribution in [3.05, 3.63) is 24.3 Å². The smallest absolute Gasteiger partial charge is 0.240 e. The summed E-state index contributed by atoms with van der Waals surface area (Å²) in [5.41, 5.74) is 0. The summed E-state index contributed by atoms with van der Waals surface area (Å²) in [5.74, 6) is 0.573. The number of nitrogens with zero attached hydrogens (tertiary/aromatic N) is 1. The van der Waals surface area contributed by atoms with Gasteiger partial charge in [-0.1, -0.05) is 0 Å². The third-order valence-corrected chi connectivity index (χ3v) is 4.86. The van der Waals surface area contributed by atoms with Gasteiger partial charge in [0.15, 0.2) is 0 Å². The molecule has 1 N–H and O–H groups in total. The van der Waals surface area contributed by atoms with Crippen molar-refractivity contribution in [2.75, 3.05) is 20.2 Å². The van der Waals surface area contributed by atoms with Crippen molar-refractivity contribution >= 4 is 15.9 Å². The number of methoxy groups -OCH3 is 1.